The summed E-state index contributed by atoms with van der Waals surface area (Å²) in [5, 5.41) is 0. The topological polar surface area (TPSA) is 72.4 Å². The van der Waals surface area contributed by atoms with Crippen LogP contribution < -0.4 is 11.5 Å². The van der Waals surface area contributed by atoms with Crippen molar-refractivity contribution in [3.8, 4) is 11.8 Å². The van der Waals surface area contributed by atoms with Gasteiger partial charge in [-0.05, 0) is 37.6 Å². The number of rotatable bonds is 3. The van der Waals surface area contributed by atoms with Crippen LogP contribution in [-0.4, -0.2) is 30.4 Å². The molecule has 1 heterocycles. The molecule has 1 aromatic carbocycles. The Morgan fingerprint density at radius 1 is 1.52 bits per heavy atom. The summed E-state index contributed by atoms with van der Waals surface area (Å²) in [6.45, 7) is 4.18. The molecule has 1 atom stereocenters. The number of halogens is 1. The van der Waals surface area contributed by atoms with Crippen LogP contribution in [0.3, 0.4) is 0 Å². The van der Waals surface area contributed by atoms with E-state index in [1.54, 1.807) is 12.1 Å². The highest BCUT2D eigenvalue weighted by Crippen LogP contribution is 2.30. The molecule has 0 aliphatic carbocycles. The maximum Gasteiger partial charge on any atom is 0.224 e. The van der Waals surface area contributed by atoms with Gasteiger partial charge in [0.25, 0.3) is 0 Å². The lowest BCUT2D eigenvalue weighted by Crippen LogP contribution is -2.36. The molecule has 4 nitrogen and oxygen atoms in total. The average Bonchev–Trinajstić information content (AvgIpc) is 2.82. The number of hydrogen-bond acceptors (Lipinski definition) is 3. The van der Waals surface area contributed by atoms with Gasteiger partial charge >= 0.3 is 0 Å². The van der Waals surface area contributed by atoms with Crippen molar-refractivity contribution >= 4 is 5.91 Å². The van der Waals surface area contributed by atoms with Crippen LogP contribution in [0.1, 0.15) is 24.5 Å². The van der Waals surface area contributed by atoms with Gasteiger partial charge in [-0.2, -0.15) is 0 Å². The molecule has 1 unspecified atom stereocenters. The van der Waals surface area contributed by atoms with E-state index in [-0.39, 0.29) is 18.3 Å². The van der Waals surface area contributed by atoms with Gasteiger partial charge in [0.2, 0.25) is 5.91 Å². The van der Waals surface area contributed by atoms with Gasteiger partial charge in [0.15, 0.2) is 0 Å². The Labute approximate surface area is 124 Å². The summed E-state index contributed by atoms with van der Waals surface area (Å²) in [5.41, 5.74) is 11.6. The van der Waals surface area contributed by atoms with Gasteiger partial charge in [-0.3, -0.25) is 9.69 Å². The zero-order valence-electron chi connectivity index (χ0n) is 12.2. The fourth-order valence-corrected chi connectivity index (χ4v) is 2.56. The summed E-state index contributed by atoms with van der Waals surface area (Å²) in [5.74, 6) is 4.78. The van der Waals surface area contributed by atoms with Crippen molar-refractivity contribution in [3.63, 3.8) is 0 Å². The monoisotopic (exact) mass is 289 g/mol. The molecule has 5 heteroatoms. The van der Waals surface area contributed by atoms with E-state index in [2.05, 4.69) is 16.7 Å². The molecule has 0 saturated carbocycles. The third kappa shape index (κ3) is 3.60. The van der Waals surface area contributed by atoms with Gasteiger partial charge in [-0.25, -0.2) is 4.39 Å². The van der Waals surface area contributed by atoms with E-state index in [0.717, 1.165) is 18.5 Å². The van der Waals surface area contributed by atoms with Crippen molar-refractivity contribution in [2.45, 2.75) is 19.9 Å². The minimum absolute atomic E-state index is 0.201. The van der Waals surface area contributed by atoms with Gasteiger partial charge in [0.05, 0.1) is 17.5 Å². The van der Waals surface area contributed by atoms with Crippen molar-refractivity contribution in [1.82, 2.24) is 4.90 Å². The van der Waals surface area contributed by atoms with Gasteiger partial charge in [-0.1, -0.05) is 17.9 Å². The molecule has 2 rings (SSSR count). The number of hydrogen-bond donors (Lipinski definition) is 2. The highest BCUT2D eigenvalue weighted by Gasteiger charge is 2.38. The molecule has 4 N–H and O–H groups in total. The SMILES string of the molecule is CC1(C(N)=O)CCN(Cc2ccc(F)c(C#CCN)c2)C1. The van der Waals surface area contributed by atoms with Gasteiger partial charge in [0, 0.05) is 13.1 Å². The maximum atomic E-state index is 13.6. The number of nitrogens with two attached hydrogens (primary N) is 2. The number of carbonyl (C=O) groups excluding carboxylic acids is 1. The molecule has 1 aliphatic heterocycles. The Morgan fingerprint density at radius 3 is 2.90 bits per heavy atom. The number of likely N-dealkylation sites (tertiary alicyclic amines) is 1. The number of nitrogens with zero attached hydrogens (tertiary/aromatic N) is 1. The van der Waals surface area contributed by atoms with Crippen molar-refractivity contribution in [2.24, 2.45) is 16.9 Å². The average molecular weight is 289 g/mol. The van der Waals surface area contributed by atoms with E-state index in [1.165, 1.54) is 6.07 Å². The summed E-state index contributed by atoms with van der Waals surface area (Å²) < 4.78 is 13.6. The molecule has 21 heavy (non-hydrogen) atoms. The standard InChI is InChI=1S/C16H20FN3O/c1-16(15(19)21)6-8-20(11-16)10-12-4-5-14(17)13(9-12)3-2-7-18/h4-5,9H,6-8,10-11,18H2,1H3,(H2,19,21). The second-order valence-electron chi connectivity index (χ2n) is 5.71. The van der Waals surface area contributed by atoms with Crippen LogP contribution in [-0.2, 0) is 11.3 Å². The van der Waals surface area contributed by atoms with E-state index in [9.17, 15) is 9.18 Å². The van der Waals surface area contributed by atoms with E-state index >= 15 is 0 Å². The molecular weight excluding hydrogens is 269 g/mol. The third-order valence-electron chi connectivity index (χ3n) is 3.91. The summed E-state index contributed by atoms with van der Waals surface area (Å²) in [4.78, 5) is 13.6. The van der Waals surface area contributed by atoms with Crippen molar-refractivity contribution in [3.05, 3.63) is 35.1 Å². The zero-order chi connectivity index (χ0) is 15.5. The molecule has 1 fully saturated rings. The van der Waals surface area contributed by atoms with Crippen LogP contribution in [0.5, 0.6) is 0 Å². The van der Waals surface area contributed by atoms with Crippen molar-refractivity contribution in [1.29, 1.82) is 0 Å². The van der Waals surface area contributed by atoms with Crippen LogP contribution in [0.25, 0.3) is 0 Å². The number of primary amides is 1. The fourth-order valence-electron chi connectivity index (χ4n) is 2.56. The van der Waals surface area contributed by atoms with Gasteiger partial charge in [-0.15, -0.1) is 0 Å². The van der Waals surface area contributed by atoms with Crippen LogP contribution in [0.4, 0.5) is 4.39 Å². The molecule has 0 radical (unpaired) electrons. The normalized spacial score (nSPS) is 21.9. The Bertz CT molecular complexity index is 605. The molecular formula is C16H20FN3O. The molecule has 1 saturated heterocycles. The number of amides is 1. The predicted molar refractivity (Wildman–Crippen MR) is 79.5 cm³/mol. The first-order valence-corrected chi connectivity index (χ1v) is 6.94. The van der Waals surface area contributed by atoms with Crippen molar-refractivity contribution in [2.75, 3.05) is 19.6 Å². The lowest BCUT2D eigenvalue weighted by Gasteiger charge is -2.21. The fraction of sp³-hybridized carbons (Fsp3) is 0.438. The Balaban J connectivity index is 2.09. The molecule has 0 aromatic heterocycles. The Hall–Kier alpha value is -1.90. The summed E-state index contributed by atoms with van der Waals surface area (Å²) in [7, 11) is 0. The lowest BCUT2D eigenvalue weighted by atomic mass is 9.89. The van der Waals surface area contributed by atoms with E-state index in [0.29, 0.717) is 18.7 Å². The smallest absolute Gasteiger partial charge is 0.224 e. The molecule has 112 valence electrons. The molecule has 0 spiro atoms. The first kappa shape index (κ1) is 15.5. The first-order chi connectivity index (χ1) is 9.94. The number of carbonyl (C=O) groups is 1. The third-order valence-corrected chi connectivity index (χ3v) is 3.91. The maximum absolute atomic E-state index is 13.6. The van der Waals surface area contributed by atoms with Crippen molar-refractivity contribution < 1.29 is 9.18 Å². The van der Waals surface area contributed by atoms with Crippen LogP contribution in [0.2, 0.25) is 0 Å². The van der Waals surface area contributed by atoms with Crippen LogP contribution >= 0.6 is 0 Å². The summed E-state index contributed by atoms with van der Waals surface area (Å²) in [6, 6.07) is 4.89. The molecule has 1 aliphatic rings. The highest BCUT2D eigenvalue weighted by molar-refractivity contribution is 5.81. The minimum Gasteiger partial charge on any atom is -0.369 e. The highest BCUT2D eigenvalue weighted by atomic mass is 19.1. The zero-order valence-corrected chi connectivity index (χ0v) is 12.2. The second-order valence-corrected chi connectivity index (χ2v) is 5.71. The Kier molecular flexibility index (Phi) is 4.61. The van der Waals surface area contributed by atoms with Gasteiger partial charge in [0.1, 0.15) is 5.82 Å². The minimum atomic E-state index is -0.470. The second kappa shape index (κ2) is 6.25. The quantitative estimate of drug-likeness (QED) is 0.810. The number of benzene rings is 1. The summed E-state index contributed by atoms with van der Waals surface area (Å²) >= 11 is 0. The van der Waals surface area contributed by atoms with Crippen LogP contribution in [0.15, 0.2) is 18.2 Å². The molecule has 1 aromatic rings. The first-order valence-electron chi connectivity index (χ1n) is 6.94. The van der Waals surface area contributed by atoms with E-state index in [1.807, 2.05) is 6.92 Å². The molecule has 0 bridgehead atoms. The largest absolute Gasteiger partial charge is 0.369 e. The van der Waals surface area contributed by atoms with E-state index < -0.39 is 5.41 Å². The Morgan fingerprint density at radius 2 is 2.29 bits per heavy atom. The van der Waals surface area contributed by atoms with Crippen LogP contribution in [0, 0.1) is 23.1 Å². The lowest BCUT2D eigenvalue weighted by molar-refractivity contribution is -0.126. The summed E-state index contributed by atoms with van der Waals surface area (Å²) in [6.07, 6.45) is 0.753. The van der Waals surface area contributed by atoms with Gasteiger partial charge < -0.3 is 11.5 Å². The molecule has 1 amide bonds. The predicted octanol–water partition coefficient (Wildman–Crippen LogP) is 0.833. The van der Waals surface area contributed by atoms with E-state index in [4.69, 9.17) is 11.5 Å².